The van der Waals surface area contributed by atoms with Gasteiger partial charge in [0.25, 0.3) is 0 Å². The van der Waals surface area contributed by atoms with Gasteiger partial charge in [-0.15, -0.1) is 0 Å². The maximum absolute atomic E-state index is 9.10. The third-order valence-electron chi connectivity index (χ3n) is 0.549. The fourth-order valence-electron chi connectivity index (χ4n) is 0. The minimum atomic E-state index is -1.82. The summed E-state index contributed by atoms with van der Waals surface area (Å²) in [5.41, 5.74) is 0. The second kappa shape index (κ2) is 37.4. The molecule has 0 rings (SSSR count). The zero-order valence-electron chi connectivity index (χ0n) is 13.0. The molecule has 155 valence electrons. The monoisotopic (exact) mass is 434 g/mol. The number of quaternary nitrogens is 3. The predicted molar refractivity (Wildman–Crippen MR) is 74.6 cm³/mol. The Morgan fingerprint density at radius 1 is 0.360 bits per heavy atom. The molecule has 1 radical (unpaired) electrons. The summed E-state index contributed by atoms with van der Waals surface area (Å²) >= 11 is 0. The standard InChI is InChI=1S/3C2H2O4.Fe.3H3N.3H2O/c3*3-1(4)2(5)6;;;;;;;/h3*(H,3,4)(H,5,6);;3*1H3;3*1H2/q;;;+3;;;;;;/p+3. The number of carboxylic acid groups (broad SMARTS) is 6. The van der Waals surface area contributed by atoms with Gasteiger partial charge >= 0.3 is 52.9 Å². The van der Waals surface area contributed by atoms with Crippen LogP contribution in [0.1, 0.15) is 0 Å². The van der Waals surface area contributed by atoms with E-state index in [9.17, 15) is 0 Å². The van der Waals surface area contributed by atoms with Gasteiger partial charge in [-0.2, -0.15) is 0 Å². The number of carbonyl (C=O) groups is 6. The predicted octanol–water partition coefficient (Wildman–Crippen LogP) is -3.88. The summed E-state index contributed by atoms with van der Waals surface area (Å²) in [7, 11) is 0. The Morgan fingerprint density at radius 3 is 0.400 bits per heavy atom. The molecule has 0 aromatic rings. The van der Waals surface area contributed by atoms with E-state index in [1.807, 2.05) is 0 Å². The SMILES string of the molecule is O.O.O.O=C(O)C(=O)O.O=C(O)C(=O)O.O=C(O)C(=O)O.[Fe+3].[NH4+].[NH4+].[NH4+]. The van der Waals surface area contributed by atoms with Crippen molar-refractivity contribution in [3.05, 3.63) is 0 Å². The second-order valence-electron chi connectivity index (χ2n) is 1.83. The van der Waals surface area contributed by atoms with Crippen molar-refractivity contribution >= 4 is 35.8 Å². The van der Waals surface area contributed by atoms with Crippen LogP contribution in [0.3, 0.4) is 0 Å². The van der Waals surface area contributed by atoms with Gasteiger partial charge in [0.05, 0.1) is 0 Å². The molecule has 0 atom stereocenters. The number of hydrogen-bond donors (Lipinski definition) is 9. The Morgan fingerprint density at radius 2 is 0.400 bits per heavy atom. The van der Waals surface area contributed by atoms with Crippen molar-refractivity contribution in [1.82, 2.24) is 18.5 Å². The van der Waals surface area contributed by atoms with Crippen LogP contribution in [-0.2, 0) is 45.8 Å². The molecule has 18 nitrogen and oxygen atoms in total. The van der Waals surface area contributed by atoms with Gasteiger partial charge in [-0.3, -0.25) is 0 Å². The van der Waals surface area contributed by atoms with Crippen molar-refractivity contribution < 1.29 is 92.9 Å². The molecule has 0 amide bonds. The fourth-order valence-corrected chi connectivity index (χ4v) is 0. The van der Waals surface area contributed by atoms with E-state index in [0.29, 0.717) is 0 Å². The fraction of sp³-hybridized carbons (Fsp3) is 0. The largest absolute Gasteiger partial charge is 3.00 e. The van der Waals surface area contributed by atoms with E-state index in [1.54, 1.807) is 0 Å². The Bertz CT molecular complexity index is 292. The molecular weight excluding hydrogens is 410 g/mol. The van der Waals surface area contributed by atoms with Crippen molar-refractivity contribution in [1.29, 1.82) is 0 Å². The molecule has 0 unspecified atom stereocenters. The van der Waals surface area contributed by atoms with E-state index in [4.69, 9.17) is 59.4 Å². The van der Waals surface area contributed by atoms with Crippen LogP contribution in [0, 0.1) is 0 Å². The van der Waals surface area contributed by atoms with E-state index in [-0.39, 0.29) is 51.9 Å². The summed E-state index contributed by atoms with van der Waals surface area (Å²) in [5, 5.41) is 44.3. The first-order chi connectivity index (χ1) is 7.93. The van der Waals surface area contributed by atoms with Gasteiger partial charge < -0.3 is 65.5 Å². The van der Waals surface area contributed by atoms with E-state index >= 15 is 0 Å². The van der Waals surface area contributed by atoms with Gasteiger partial charge in [0, 0.05) is 0 Å². The quantitative estimate of drug-likeness (QED) is 0.130. The first-order valence-corrected chi connectivity index (χ1v) is 3.32. The Hall–Kier alpha value is -2.90. The van der Waals surface area contributed by atoms with Crippen molar-refractivity contribution in [2.45, 2.75) is 0 Å². The zero-order valence-corrected chi connectivity index (χ0v) is 14.1. The van der Waals surface area contributed by atoms with E-state index in [0.717, 1.165) is 0 Å². The molecule has 0 saturated carbocycles. The van der Waals surface area contributed by atoms with Crippen LogP contribution >= 0.6 is 0 Å². The normalized spacial score (nSPS) is 5.28. The Kier molecular flexibility index (Phi) is 101. The van der Waals surface area contributed by atoms with E-state index in [1.165, 1.54) is 0 Å². The zero-order chi connectivity index (χ0) is 15.5. The van der Waals surface area contributed by atoms with Crippen LogP contribution in [0.4, 0.5) is 0 Å². The second-order valence-corrected chi connectivity index (χ2v) is 1.83. The van der Waals surface area contributed by atoms with E-state index < -0.39 is 35.8 Å². The molecular formula is C6H24FeN3O15+6. The molecule has 24 N–H and O–H groups in total. The summed E-state index contributed by atoms with van der Waals surface area (Å²) in [6.45, 7) is 0. The number of rotatable bonds is 0. The van der Waals surface area contributed by atoms with Crippen LogP contribution in [-0.4, -0.2) is 82.9 Å². The third-order valence-corrected chi connectivity index (χ3v) is 0.549. The maximum atomic E-state index is 9.10. The van der Waals surface area contributed by atoms with Crippen LogP contribution in [0.25, 0.3) is 0 Å². The summed E-state index contributed by atoms with van der Waals surface area (Å²) in [4.78, 5) is 54.6. The Balaban J connectivity index is -0.0000000148. The first-order valence-electron chi connectivity index (χ1n) is 3.32. The van der Waals surface area contributed by atoms with Gasteiger partial charge in [0.1, 0.15) is 0 Å². The molecule has 0 aliphatic heterocycles. The third kappa shape index (κ3) is 93.0. The molecule has 0 fully saturated rings. The topological polar surface area (TPSA) is 428 Å². The first kappa shape index (κ1) is 67.2. The average molecular weight is 434 g/mol. The van der Waals surface area contributed by atoms with Crippen molar-refractivity contribution in [3.63, 3.8) is 0 Å². The van der Waals surface area contributed by atoms with Crippen molar-refractivity contribution in [2.24, 2.45) is 0 Å². The van der Waals surface area contributed by atoms with Gasteiger partial charge in [-0.25, -0.2) is 28.8 Å². The minimum Gasteiger partial charge on any atom is -0.473 e. The molecule has 0 aliphatic rings. The molecule has 0 heterocycles. The molecule has 25 heavy (non-hydrogen) atoms. The maximum Gasteiger partial charge on any atom is 3.00 e. The molecule has 19 heteroatoms. The summed E-state index contributed by atoms with van der Waals surface area (Å²) < 4.78 is 0. The average Bonchev–Trinajstić information content (AvgIpc) is 2.18. The molecule has 0 aromatic carbocycles. The van der Waals surface area contributed by atoms with Gasteiger partial charge in [0.2, 0.25) is 0 Å². The van der Waals surface area contributed by atoms with Gasteiger partial charge in [-0.05, 0) is 0 Å². The summed E-state index contributed by atoms with van der Waals surface area (Å²) in [6, 6.07) is 0. The molecule has 0 aromatic heterocycles. The minimum absolute atomic E-state index is 0. The van der Waals surface area contributed by atoms with Crippen molar-refractivity contribution in [2.75, 3.05) is 0 Å². The van der Waals surface area contributed by atoms with Crippen LogP contribution in [0.15, 0.2) is 0 Å². The van der Waals surface area contributed by atoms with Crippen molar-refractivity contribution in [3.8, 4) is 0 Å². The van der Waals surface area contributed by atoms with Crippen LogP contribution in [0.2, 0.25) is 0 Å². The van der Waals surface area contributed by atoms with Gasteiger partial charge in [-0.1, -0.05) is 0 Å². The van der Waals surface area contributed by atoms with Gasteiger partial charge in [0.15, 0.2) is 0 Å². The Labute approximate surface area is 148 Å². The van der Waals surface area contributed by atoms with Crippen LogP contribution in [0.5, 0.6) is 0 Å². The number of carboxylic acids is 6. The molecule has 0 bridgehead atoms. The number of hydrogen-bond acceptors (Lipinski definition) is 6. The van der Waals surface area contributed by atoms with Crippen LogP contribution < -0.4 is 18.5 Å². The van der Waals surface area contributed by atoms with E-state index in [2.05, 4.69) is 0 Å². The summed E-state index contributed by atoms with van der Waals surface area (Å²) in [5.74, 6) is -10.9. The molecule has 0 spiro atoms. The molecule has 0 aliphatic carbocycles. The smallest absolute Gasteiger partial charge is 0.473 e. The number of aliphatic carboxylic acids is 6. The molecule has 0 saturated heterocycles. The summed E-state index contributed by atoms with van der Waals surface area (Å²) in [6.07, 6.45) is 0.